The summed E-state index contributed by atoms with van der Waals surface area (Å²) in [5.74, 6) is -0.300. The normalized spacial score (nSPS) is 17.1. The number of likely N-dealkylation sites (tertiary alicyclic amines) is 1. The molecule has 0 unspecified atom stereocenters. The standard InChI is InChI=1S/C18H22N4O2S/c1-12-13(2)25-16(21-12)5-7-20-18(24)15-8-17(23)22(11-15)10-14-4-3-6-19-9-14/h3-4,6,9,15H,5,7-8,10-11H2,1-2H3,(H,20,24)/t15-/m1/s1. The van der Waals surface area contributed by atoms with Gasteiger partial charge in [-0.2, -0.15) is 0 Å². The van der Waals surface area contributed by atoms with Gasteiger partial charge in [0.15, 0.2) is 0 Å². The van der Waals surface area contributed by atoms with Crippen LogP contribution in [-0.2, 0) is 22.6 Å². The molecule has 2 aromatic heterocycles. The van der Waals surface area contributed by atoms with Gasteiger partial charge >= 0.3 is 0 Å². The van der Waals surface area contributed by atoms with Crippen molar-refractivity contribution in [3.05, 3.63) is 45.7 Å². The predicted molar refractivity (Wildman–Crippen MR) is 96.1 cm³/mol. The van der Waals surface area contributed by atoms with Crippen LogP contribution < -0.4 is 5.32 Å². The van der Waals surface area contributed by atoms with Gasteiger partial charge in [-0.15, -0.1) is 11.3 Å². The molecule has 6 nitrogen and oxygen atoms in total. The first kappa shape index (κ1) is 17.5. The van der Waals surface area contributed by atoms with Gasteiger partial charge in [-0.1, -0.05) is 6.07 Å². The van der Waals surface area contributed by atoms with Crippen LogP contribution in [0.3, 0.4) is 0 Å². The lowest BCUT2D eigenvalue weighted by atomic mass is 10.1. The average molecular weight is 358 g/mol. The Morgan fingerprint density at radius 2 is 2.28 bits per heavy atom. The summed E-state index contributed by atoms with van der Waals surface area (Å²) >= 11 is 1.67. The van der Waals surface area contributed by atoms with Crippen LogP contribution in [0, 0.1) is 19.8 Å². The van der Waals surface area contributed by atoms with E-state index in [0.717, 1.165) is 22.7 Å². The number of hydrogen-bond donors (Lipinski definition) is 1. The van der Waals surface area contributed by atoms with Gasteiger partial charge in [-0.3, -0.25) is 14.6 Å². The zero-order valence-corrected chi connectivity index (χ0v) is 15.3. The Morgan fingerprint density at radius 1 is 1.44 bits per heavy atom. The lowest BCUT2D eigenvalue weighted by Crippen LogP contribution is -2.34. The summed E-state index contributed by atoms with van der Waals surface area (Å²) in [5.41, 5.74) is 2.03. The van der Waals surface area contributed by atoms with Crippen LogP contribution in [0.5, 0.6) is 0 Å². The summed E-state index contributed by atoms with van der Waals surface area (Å²) < 4.78 is 0. The molecule has 25 heavy (non-hydrogen) atoms. The Hall–Kier alpha value is -2.28. The van der Waals surface area contributed by atoms with E-state index in [9.17, 15) is 9.59 Å². The summed E-state index contributed by atoms with van der Waals surface area (Å²) in [6.07, 6.45) is 4.46. The SMILES string of the molecule is Cc1nc(CCNC(=O)[C@@H]2CC(=O)N(Cc3cccnc3)C2)sc1C. The number of nitrogens with one attached hydrogen (secondary N) is 1. The zero-order chi connectivity index (χ0) is 17.8. The third-order valence-corrected chi connectivity index (χ3v) is 5.53. The van der Waals surface area contributed by atoms with Gasteiger partial charge in [0.05, 0.1) is 16.6 Å². The van der Waals surface area contributed by atoms with Crippen LogP contribution >= 0.6 is 11.3 Å². The van der Waals surface area contributed by atoms with Crippen molar-refractivity contribution < 1.29 is 9.59 Å². The van der Waals surface area contributed by atoms with Crippen molar-refractivity contribution >= 4 is 23.2 Å². The fourth-order valence-corrected chi connectivity index (χ4v) is 3.83. The van der Waals surface area contributed by atoms with Crippen molar-refractivity contribution in [3.8, 4) is 0 Å². The number of pyridine rings is 1. The van der Waals surface area contributed by atoms with E-state index in [1.165, 1.54) is 4.88 Å². The van der Waals surface area contributed by atoms with Crippen LogP contribution in [0.25, 0.3) is 0 Å². The molecule has 0 bridgehead atoms. The molecule has 0 aromatic carbocycles. The Morgan fingerprint density at radius 3 is 2.96 bits per heavy atom. The third kappa shape index (κ3) is 4.42. The van der Waals surface area contributed by atoms with E-state index >= 15 is 0 Å². The summed E-state index contributed by atoms with van der Waals surface area (Å²) in [5, 5.41) is 3.98. The van der Waals surface area contributed by atoms with Crippen molar-refractivity contribution in [1.29, 1.82) is 0 Å². The molecule has 1 saturated heterocycles. The Balaban J connectivity index is 1.47. The van der Waals surface area contributed by atoms with E-state index in [1.807, 2.05) is 19.1 Å². The van der Waals surface area contributed by atoms with Gasteiger partial charge in [0.2, 0.25) is 11.8 Å². The number of carbonyl (C=O) groups excluding carboxylic acids is 2. The minimum absolute atomic E-state index is 0.0233. The highest BCUT2D eigenvalue weighted by atomic mass is 32.1. The number of amides is 2. The molecule has 0 radical (unpaired) electrons. The number of hydrogen-bond acceptors (Lipinski definition) is 5. The number of thiazole rings is 1. The molecule has 1 aliphatic rings. The van der Waals surface area contributed by atoms with E-state index < -0.39 is 0 Å². The number of aromatic nitrogens is 2. The van der Waals surface area contributed by atoms with Gasteiger partial charge in [-0.05, 0) is 25.5 Å². The third-order valence-electron chi connectivity index (χ3n) is 4.39. The van der Waals surface area contributed by atoms with Crippen LogP contribution in [0.4, 0.5) is 0 Å². The molecule has 7 heteroatoms. The van der Waals surface area contributed by atoms with Crippen molar-refractivity contribution in [3.63, 3.8) is 0 Å². The summed E-state index contributed by atoms with van der Waals surface area (Å²) in [6, 6.07) is 3.79. The van der Waals surface area contributed by atoms with Gasteiger partial charge in [0.1, 0.15) is 0 Å². The van der Waals surface area contributed by atoms with Crippen molar-refractivity contribution in [1.82, 2.24) is 20.2 Å². The Labute approximate surface area is 151 Å². The predicted octanol–water partition coefficient (Wildman–Crippen LogP) is 1.86. The largest absolute Gasteiger partial charge is 0.355 e. The second kappa shape index (κ2) is 7.74. The highest BCUT2D eigenvalue weighted by Gasteiger charge is 2.34. The molecule has 1 atom stereocenters. The maximum atomic E-state index is 12.3. The molecule has 3 heterocycles. The van der Waals surface area contributed by atoms with Gasteiger partial charge < -0.3 is 10.2 Å². The minimum Gasteiger partial charge on any atom is -0.355 e. The first-order chi connectivity index (χ1) is 12.0. The van der Waals surface area contributed by atoms with E-state index in [2.05, 4.69) is 22.2 Å². The molecule has 2 amide bonds. The summed E-state index contributed by atoms with van der Waals surface area (Å²) in [4.78, 5) is 36.0. The number of carbonyl (C=O) groups is 2. The second-order valence-corrected chi connectivity index (χ2v) is 7.61. The Kier molecular flexibility index (Phi) is 5.43. The van der Waals surface area contributed by atoms with E-state index in [0.29, 0.717) is 19.6 Å². The topological polar surface area (TPSA) is 75.2 Å². The molecule has 0 spiro atoms. The molecule has 3 rings (SSSR count). The van der Waals surface area contributed by atoms with Gasteiger partial charge in [0.25, 0.3) is 0 Å². The average Bonchev–Trinajstić information content (AvgIpc) is 3.11. The molecule has 132 valence electrons. The second-order valence-electron chi connectivity index (χ2n) is 6.33. The molecule has 1 aliphatic heterocycles. The fraction of sp³-hybridized carbons (Fsp3) is 0.444. The Bertz CT molecular complexity index is 740. The van der Waals surface area contributed by atoms with Crippen molar-refractivity contribution in [2.24, 2.45) is 5.92 Å². The lowest BCUT2D eigenvalue weighted by molar-refractivity contribution is -0.129. The summed E-state index contributed by atoms with van der Waals surface area (Å²) in [6.45, 7) is 5.58. The molecule has 0 aliphatic carbocycles. The minimum atomic E-state index is -0.274. The molecule has 2 aromatic rings. The highest BCUT2D eigenvalue weighted by molar-refractivity contribution is 7.11. The molecule has 0 saturated carbocycles. The summed E-state index contributed by atoms with van der Waals surface area (Å²) in [7, 11) is 0. The molecular weight excluding hydrogens is 336 g/mol. The van der Waals surface area contributed by atoms with Gasteiger partial charge in [-0.25, -0.2) is 4.98 Å². The van der Waals surface area contributed by atoms with E-state index in [4.69, 9.17) is 0 Å². The number of nitrogens with zero attached hydrogens (tertiary/aromatic N) is 3. The smallest absolute Gasteiger partial charge is 0.225 e. The van der Waals surface area contributed by atoms with Crippen LogP contribution in [-0.4, -0.2) is 39.8 Å². The lowest BCUT2D eigenvalue weighted by Gasteiger charge is -2.16. The maximum absolute atomic E-state index is 12.3. The van der Waals surface area contributed by atoms with Crippen molar-refractivity contribution in [2.45, 2.75) is 33.2 Å². The fourth-order valence-electron chi connectivity index (χ4n) is 2.90. The van der Waals surface area contributed by atoms with Crippen LogP contribution in [0.15, 0.2) is 24.5 Å². The highest BCUT2D eigenvalue weighted by Crippen LogP contribution is 2.20. The van der Waals surface area contributed by atoms with Gasteiger partial charge in [0, 0.05) is 49.7 Å². The first-order valence-corrected chi connectivity index (χ1v) is 9.22. The van der Waals surface area contributed by atoms with E-state index in [1.54, 1.807) is 28.6 Å². The first-order valence-electron chi connectivity index (χ1n) is 8.40. The van der Waals surface area contributed by atoms with Crippen LogP contribution in [0.1, 0.15) is 27.6 Å². The maximum Gasteiger partial charge on any atom is 0.225 e. The number of aryl methyl sites for hydroxylation is 2. The molecule has 1 N–H and O–H groups in total. The molecule has 1 fully saturated rings. The molecular formula is C18H22N4O2S. The number of rotatable bonds is 6. The quantitative estimate of drug-likeness (QED) is 0.855. The zero-order valence-electron chi connectivity index (χ0n) is 14.5. The van der Waals surface area contributed by atoms with Crippen molar-refractivity contribution in [2.75, 3.05) is 13.1 Å². The van der Waals surface area contributed by atoms with E-state index in [-0.39, 0.29) is 24.2 Å². The monoisotopic (exact) mass is 358 g/mol. The van der Waals surface area contributed by atoms with Crippen LogP contribution in [0.2, 0.25) is 0 Å².